The van der Waals surface area contributed by atoms with Crippen molar-refractivity contribution in [3.05, 3.63) is 140 Å². The van der Waals surface area contributed by atoms with Crippen LogP contribution < -0.4 is 11.1 Å². The molecule has 6 nitrogen and oxygen atoms in total. The molecular formula is C41H46N4O2. The predicted molar refractivity (Wildman–Crippen MR) is 188 cm³/mol. The van der Waals surface area contributed by atoms with E-state index in [-0.39, 0.29) is 32.8 Å². The van der Waals surface area contributed by atoms with E-state index in [1.807, 2.05) is 71.4 Å². The molecule has 0 saturated heterocycles. The summed E-state index contributed by atoms with van der Waals surface area (Å²) in [7, 11) is 0. The zero-order chi connectivity index (χ0) is 32.9. The maximum absolute atomic E-state index is 13.6. The van der Waals surface area contributed by atoms with Gasteiger partial charge in [-0.2, -0.15) is 0 Å². The molecule has 4 atom stereocenters. The Morgan fingerprint density at radius 3 is 1.74 bits per heavy atom. The molecule has 0 amide bonds. The number of H-pyrrole nitrogens is 1. The van der Waals surface area contributed by atoms with E-state index in [4.69, 9.17) is 0 Å². The van der Waals surface area contributed by atoms with Gasteiger partial charge in [0.2, 0.25) is 0 Å². The fourth-order valence-corrected chi connectivity index (χ4v) is 10.0. The molecule has 0 radical (unpaired) electrons. The number of benzene rings is 3. The molecule has 5 aromatic rings. The first-order chi connectivity index (χ1) is 22.4. The van der Waals surface area contributed by atoms with Gasteiger partial charge in [0.25, 0.3) is 11.1 Å². The van der Waals surface area contributed by atoms with Crippen molar-refractivity contribution in [2.45, 2.75) is 96.4 Å². The van der Waals surface area contributed by atoms with Crippen molar-refractivity contribution in [3.8, 4) is 11.4 Å². The molecule has 2 aromatic heterocycles. The minimum absolute atomic E-state index is 0.0426. The summed E-state index contributed by atoms with van der Waals surface area (Å²) in [5, 5.41) is 3.41. The zero-order valence-electron chi connectivity index (χ0n) is 28.5. The Hall–Kier alpha value is -4.32. The van der Waals surface area contributed by atoms with Crippen molar-refractivity contribution in [3.63, 3.8) is 0 Å². The molecule has 47 heavy (non-hydrogen) atoms. The van der Waals surface area contributed by atoms with E-state index in [1.165, 1.54) is 23.4 Å². The van der Waals surface area contributed by atoms with Crippen LogP contribution in [0.3, 0.4) is 0 Å². The van der Waals surface area contributed by atoms with Gasteiger partial charge in [-0.25, -0.2) is 9.36 Å². The molecule has 4 aliphatic rings. The summed E-state index contributed by atoms with van der Waals surface area (Å²) >= 11 is 0. The molecule has 9 rings (SSSR count). The maximum atomic E-state index is 13.6. The number of nitrogens with zero attached hydrogens (tertiary/aromatic N) is 3. The maximum Gasteiger partial charge on any atom is 0.275 e. The summed E-state index contributed by atoms with van der Waals surface area (Å²) in [5.74, 6) is 0.758. The number of fused-ring (bicyclic) bond motifs is 10. The van der Waals surface area contributed by atoms with Gasteiger partial charge < -0.3 is 0 Å². The lowest BCUT2D eigenvalue weighted by Gasteiger charge is -2.36. The summed E-state index contributed by atoms with van der Waals surface area (Å²) in [5.41, 5.74) is 8.42. The second-order valence-electron chi connectivity index (χ2n) is 15.9. The number of rotatable bonds is 4. The fourth-order valence-electron chi connectivity index (χ4n) is 10.0. The Labute approximate surface area is 277 Å². The molecule has 3 aromatic carbocycles. The highest BCUT2D eigenvalue weighted by Crippen LogP contribution is 2.68. The van der Waals surface area contributed by atoms with Gasteiger partial charge in [0.15, 0.2) is 0 Å². The Bertz CT molecular complexity index is 2100. The average molecular weight is 627 g/mol. The molecule has 2 fully saturated rings. The highest BCUT2D eigenvalue weighted by Gasteiger charge is 2.63. The van der Waals surface area contributed by atoms with Gasteiger partial charge >= 0.3 is 0 Å². The average Bonchev–Trinajstić information content (AvgIpc) is 3.79. The first kappa shape index (κ1) is 30.0. The Morgan fingerprint density at radius 2 is 1.15 bits per heavy atom. The molecule has 1 N–H and O–H groups in total. The van der Waals surface area contributed by atoms with Gasteiger partial charge in [-0.05, 0) is 78.2 Å². The van der Waals surface area contributed by atoms with E-state index in [1.54, 1.807) is 4.68 Å². The quantitative estimate of drug-likeness (QED) is 0.219. The summed E-state index contributed by atoms with van der Waals surface area (Å²) < 4.78 is 5.91. The van der Waals surface area contributed by atoms with E-state index in [0.29, 0.717) is 11.8 Å². The summed E-state index contributed by atoms with van der Waals surface area (Å²) in [6.07, 6.45) is 4.59. The largest absolute Gasteiger partial charge is 0.294 e. The number of para-hydroxylation sites is 2. The highest BCUT2D eigenvalue weighted by molar-refractivity contribution is 5.48. The molecule has 242 valence electrons. The second-order valence-corrected chi connectivity index (χ2v) is 15.9. The number of aromatic amines is 1. The number of hydrogen-bond acceptors (Lipinski definition) is 2. The minimum atomic E-state index is 0.0426. The van der Waals surface area contributed by atoms with Gasteiger partial charge in [-0.3, -0.25) is 19.4 Å². The first-order valence-corrected chi connectivity index (χ1v) is 17.3. The van der Waals surface area contributed by atoms with Crippen LogP contribution in [0.2, 0.25) is 0 Å². The van der Waals surface area contributed by atoms with Crippen LogP contribution in [0.5, 0.6) is 0 Å². The molecule has 0 unspecified atom stereocenters. The minimum Gasteiger partial charge on any atom is -0.294 e. The van der Waals surface area contributed by atoms with Crippen LogP contribution >= 0.6 is 0 Å². The molecular weight excluding hydrogens is 580 g/mol. The van der Waals surface area contributed by atoms with E-state index in [2.05, 4.69) is 75.6 Å². The van der Waals surface area contributed by atoms with E-state index >= 15 is 0 Å². The standard InChI is InChI=1S/C24H26N2O.C17H20N2O/c1-23(2)19-14-15-24(23,3)21-20(19)22(27)26(18-12-8-5-9-13-18)25(21)16-17-10-6-4-7-11-17;1-16(2)12-9-10-17(16,3)14-13(12)15(20)19(18-14)11-7-5-4-6-8-11/h4-13,19H,14-16H2,1-3H3;4-8,12,18H,9-10H2,1-3H3/t19-,24+;12-,17+/m11/s1. The molecule has 4 bridgehead atoms. The molecule has 0 aliphatic heterocycles. The second kappa shape index (κ2) is 10.1. The van der Waals surface area contributed by atoms with Crippen molar-refractivity contribution in [2.75, 3.05) is 0 Å². The van der Waals surface area contributed by atoms with Crippen LogP contribution in [-0.4, -0.2) is 19.1 Å². The zero-order valence-corrected chi connectivity index (χ0v) is 28.5. The van der Waals surface area contributed by atoms with Crippen molar-refractivity contribution in [2.24, 2.45) is 10.8 Å². The van der Waals surface area contributed by atoms with Gasteiger partial charge in [0.1, 0.15) is 0 Å². The monoisotopic (exact) mass is 626 g/mol. The third-order valence-electron chi connectivity index (χ3n) is 13.5. The molecule has 4 aliphatic carbocycles. The SMILES string of the molecule is CC1(C)[C@@H]2CC[C@@]1(C)c1[nH]n(-c3ccccc3)c(=O)c12.CC1(C)[C@@H]2CC[C@@]1(C)c1c2c(=O)n(-c2ccccc2)n1Cc1ccccc1. The first-order valence-electron chi connectivity index (χ1n) is 17.3. The van der Waals surface area contributed by atoms with E-state index in [9.17, 15) is 9.59 Å². The van der Waals surface area contributed by atoms with Crippen molar-refractivity contribution in [1.82, 2.24) is 19.1 Å². The van der Waals surface area contributed by atoms with E-state index in [0.717, 1.165) is 48.3 Å². The van der Waals surface area contributed by atoms with Gasteiger partial charge in [-0.15, -0.1) is 0 Å². The Kier molecular flexibility index (Phi) is 6.45. The number of aromatic nitrogens is 4. The molecule has 0 spiro atoms. The summed E-state index contributed by atoms with van der Waals surface area (Å²) in [4.78, 5) is 26.4. The fraction of sp³-hybridized carbons (Fsp3) is 0.415. The highest BCUT2D eigenvalue weighted by atomic mass is 16.1. The van der Waals surface area contributed by atoms with Gasteiger partial charge in [-0.1, -0.05) is 108 Å². The van der Waals surface area contributed by atoms with Crippen LogP contribution in [0.15, 0.2) is 101 Å². The van der Waals surface area contributed by atoms with Crippen LogP contribution in [-0.2, 0) is 17.4 Å². The van der Waals surface area contributed by atoms with E-state index < -0.39 is 0 Å². The Morgan fingerprint density at radius 1 is 0.638 bits per heavy atom. The normalized spacial score (nSPS) is 26.9. The lowest BCUT2D eigenvalue weighted by molar-refractivity contribution is 0.216. The third kappa shape index (κ3) is 3.90. The lowest BCUT2D eigenvalue weighted by atomic mass is 9.70. The smallest absolute Gasteiger partial charge is 0.275 e. The van der Waals surface area contributed by atoms with Gasteiger partial charge in [0, 0.05) is 27.7 Å². The van der Waals surface area contributed by atoms with Crippen LogP contribution in [0.4, 0.5) is 0 Å². The van der Waals surface area contributed by atoms with Crippen molar-refractivity contribution >= 4 is 0 Å². The predicted octanol–water partition coefficient (Wildman–Crippen LogP) is 8.20. The van der Waals surface area contributed by atoms with Crippen LogP contribution in [0.25, 0.3) is 11.4 Å². The number of hydrogen-bond donors (Lipinski definition) is 1. The summed E-state index contributed by atoms with van der Waals surface area (Å²) in [6.45, 7) is 14.7. The molecule has 6 heteroatoms. The topological polar surface area (TPSA) is 64.7 Å². The molecule has 2 saturated carbocycles. The van der Waals surface area contributed by atoms with Gasteiger partial charge in [0.05, 0.1) is 23.6 Å². The lowest BCUT2D eigenvalue weighted by Crippen LogP contribution is -2.36. The van der Waals surface area contributed by atoms with Crippen LogP contribution in [0.1, 0.15) is 107 Å². The molecule has 2 heterocycles. The van der Waals surface area contributed by atoms with Crippen LogP contribution in [0, 0.1) is 10.8 Å². The third-order valence-corrected chi connectivity index (χ3v) is 13.5. The van der Waals surface area contributed by atoms with Crippen molar-refractivity contribution < 1.29 is 0 Å². The summed E-state index contributed by atoms with van der Waals surface area (Å²) in [6, 6.07) is 30.4. The number of nitrogens with one attached hydrogen (secondary N) is 1. The Balaban J connectivity index is 0.000000144. The van der Waals surface area contributed by atoms with Crippen molar-refractivity contribution in [1.29, 1.82) is 0 Å².